The van der Waals surface area contributed by atoms with E-state index in [1.165, 1.54) is 43.3 Å². The maximum Gasteiger partial charge on any atom is 0.251 e. The lowest BCUT2D eigenvalue weighted by Gasteiger charge is -2.13. The molecule has 1 fully saturated rings. The van der Waals surface area contributed by atoms with Crippen molar-refractivity contribution in [1.82, 2.24) is 14.9 Å². The molecule has 1 saturated heterocycles. The van der Waals surface area contributed by atoms with Gasteiger partial charge in [0.25, 0.3) is 5.91 Å². The van der Waals surface area contributed by atoms with Gasteiger partial charge in [-0.25, -0.2) is 13.1 Å². The Balaban J connectivity index is 2.07. The van der Waals surface area contributed by atoms with Crippen molar-refractivity contribution in [2.24, 2.45) is 0 Å². The Morgan fingerprint density at radius 2 is 2.08 bits per heavy atom. The van der Waals surface area contributed by atoms with Crippen molar-refractivity contribution in [3.63, 3.8) is 0 Å². The summed E-state index contributed by atoms with van der Waals surface area (Å²) >= 11 is 0. The van der Waals surface area contributed by atoms with Crippen LogP contribution < -0.4 is 10.0 Å². The molecule has 1 aromatic carbocycles. The quantitative estimate of drug-likeness (QED) is 0.721. The highest BCUT2D eigenvalue weighted by atomic mass is 32.2. The van der Waals surface area contributed by atoms with Gasteiger partial charge >= 0.3 is 0 Å². The minimum absolute atomic E-state index is 0.0615. The SMILES string of the molecule is CN(C)C(=O)CNS(=O)(=O)c1cccc(C(=O)N[C@H]2CCOC2)c1. The number of likely N-dealkylation sites (N-methyl/N-ethyl adjacent to an activating group) is 1. The molecule has 0 radical (unpaired) electrons. The average Bonchev–Trinajstić information content (AvgIpc) is 3.05. The van der Waals surface area contributed by atoms with Gasteiger partial charge in [0.2, 0.25) is 15.9 Å². The number of benzene rings is 1. The standard InChI is InChI=1S/C15H21N3O5S/c1-18(2)14(19)9-16-24(21,22)13-5-3-4-11(8-13)15(20)17-12-6-7-23-10-12/h3-5,8,12,16H,6-7,9-10H2,1-2H3,(H,17,20)/t12-/m0/s1. The number of hydrogen-bond donors (Lipinski definition) is 2. The van der Waals surface area contributed by atoms with Crippen LogP contribution in [0, 0.1) is 0 Å². The predicted molar refractivity (Wildman–Crippen MR) is 87.0 cm³/mol. The Morgan fingerprint density at radius 1 is 1.33 bits per heavy atom. The molecule has 132 valence electrons. The summed E-state index contributed by atoms with van der Waals surface area (Å²) < 4.78 is 31.9. The second kappa shape index (κ2) is 7.73. The van der Waals surface area contributed by atoms with Gasteiger partial charge in [-0.15, -0.1) is 0 Å². The first-order valence-corrected chi connectivity index (χ1v) is 8.96. The van der Waals surface area contributed by atoms with Gasteiger partial charge in [-0.3, -0.25) is 9.59 Å². The molecule has 2 rings (SSSR count). The molecular weight excluding hydrogens is 334 g/mol. The predicted octanol–water partition coefficient (Wildman–Crippen LogP) is -0.428. The molecule has 24 heavy (non-hydrogen) atoms. The highest BCUT2D eigenvalue weighted by Crippen LogP contribution is 2.12. The summed E-state index contributed by atoms with van der Waals surface area (Å²) in [7, 11) is -0.802. The number of carbonyl (C=O) groups excluding carboxylic acids is 2. The summed E-state index contributed by atoms with van der Waals surface area (Å²) in [5.74, 6) is -0.722. The largest absolute Gasteiger partial charge is 0.379 e. The number of sulfonamides is 1. The van der Waals surface area contributed by atoms with E-state index in [0.29, 0.717) is 13.2 Å². The van der Waals surface area contributed by atoms with Crippen molar-refractivity contribution in [1.29, 1.82) is 0 Å². The molecule has 1 heterocycles. The fraction of sp³-hybridized carbons (Fsp3) is 0.467. The highest BCUT2D eigenvalue weighted by molar-refractivity contribution is 7.89. The van der Waals surface area contributed by atoms with Crippen LogP contribution in [-0.4, -0.2) is 65.0 Å². The number of carbonyl (C=O) groups is 2. The van der Waals surface area contributed by atoms with E-state index in [4.69, 9.17) is 4.74 Å². The zero-order chi connectivity index (χ0) is 17.7. The van der Waals surface area contributed by atoms with Gasteiger partial charge in [0, 0.05) is 26.3 Å². The molecule has 1 aromatic rings. The Morgan fingerprint density at radius 3 is 2.71 bits per heavy atom. The Kier molecular flexibility index (Phi) is 5.92. The Bertz CT molecular complexity index is 712. The molecule has 1 atom stereocenters. The fourth-order valence-electron chi connectivity index (χ4n) is 2.12. The number of amides is 2. The molecule has 0 aliphatic carbocycles. The van der Waals surface area contributed by atoms with Crippen molar-refractivity contribution in [2.45, 2.75) is 17.4 Å². The monoisotopic (exact) mass is 355 g/mol. The molecule has 8 nitrogen and oxygen atoms in total. The van der Waals surface area contributed by atoms with Crippen LogP contribution in [0.3, 0.4) is 0 Å². The first kappa shape index (κ1) is 18.4. The fourth-order valence-corrected chi connectivity index (χ4v) is 3.14. The maximum absolute atomic E-state index is 12.2. The number of nitrogens with one attached hydrogen (secondary N) is 2. The van der Waals surface area contributed by atoms with Crippen molar-refractivity contribution in [3.8, 4) is 0 Å². The van der Waals surface area contributed by atoms with Crippen molar-refractivity contribution in [2.75, 3.05) is 33.9 Å². The molecule has 0 spiro atoms. The minimum atomic E-state index is -3.87. The minimum Gasteiger partial charge on any atom is -0.379 e. The van der Waals surface area contributed by atoms with Crippen LogP contribution in [0.4, 0.5) is 0 Å². The van der Waals surface area contributed by atoms with E-state index in [1.54, 1.807) is 0 Å². The molecule has 0 saturated carbocycles. The van der Waals surface area contributed by atoms with E-state index < -0.39 is 10.0 Å². The molecule has 0 bridgehead atoms. The van der Waals surface area contributed by atoms with Crippen LogP contribution in [0.15, 0.2) is 29.2 Å². The summed E-state index contributed by atoms with van der Waals surface area (Å²) in [5.41, 5.74) is 0.240. The first-order chi connectivity index (χ1) is 11.3. The van der Waals surface area contributed by atoms with E-state index in [-0.39, 0.29) is 34.9 Å². The van der Waals surface area contributed by atoms with Crippen molar-refractivity contribution < 1.29 is 22.7 Å². The van der Waals surface area contributed by atoms with E-state index in [1.807, 2.05) is 0 Å². The smallest absolute Gasteiger partial charge is 0.251 e. The second-order valence-corrected chi connectivity index (χ2v) is 7.44. The number of hydrogen-bond acceptors (Lipinski definition) is 5. The second-order valence-electron chi connectivity index (χ2n) is 5.67. The lowest BCUT2D eigenvalue weighted by Crippen LogP contribution is -2.36. The van der Waals surface area contributed by atoms with E-state index in [2.05, 4.69) is 10.0 Å². The van der Waals surface area contributed by atoms with Crippen molar-refractivity contribution in [3.05, 3.63) is 29.8 Å². The lowest BCUT2D eigenvalue weighted by molar-refractivity contribution is -0.127. The van der Waals surface area contributed by atoms with Crippen LogP contribution in [-0.2, 0) is 19.6 Å². The zero-order valence-corrected chi connectivity index (χ0v) is 14.4. The maximum atomic E-state index is 12.2. The molecular formula is C15H21N3O5S. The molecule has 1 aliphatic rings. The summed E-state index contributed by atoms with van der Waals surface area (Å²) in [6.45, 7) is 0.715. The average molecular weight is 355 g/mol. The van der Waals surface area contributed by atoms with Gasteiger partial charge < -0.3 is 15.0 Å². The summed E-state index contributed by atoms with van der Waals surface area (Å²) in [6, 6.07) is 5.62. The normalized spacial score (nSPS) is 17.5. The first-order valence-electron chi connectivity index (χ1n) is 7.48. The van der Waals surface area contributed by atoms with Gasteiger partial charge in [0.15, 0.2) is 0 Å². The van der Waals surface area contributed by atoms with E-state index >= 15 is 0 Å². The zero-order valence-electron chi connectivity index (χ0n) is 13.6. The Hall–Kier alpha value is -1.97. The number of rotatable bonds is 6. The van der Waals surface area contributed by atoms with Crippen LogP contribution >= 0.6 is 0 Å². The lowest BCUT2D eigenvalue weighted by atomic mass is 10.2. The summed E-state index contributed by atoms with van der Waals surface area (Å²) in [5, 5.41) is 2.80. The van der Waals surface area contributed by atoms with E-state index in [0.717, 1.165) is 6.42 Å². The third-order valence-electron chi connectivity index (χ3n) is 3.58. The highest BCUT2D eigenvalue weighted by Gasteiger charge is 2.21. The Labute approximate surface area is 141 Å². The molecule has 2 amide bonds. The van der Waals surface area contributed by atoms with Gasteiger partial charge in [-0.1, -0.05) is 6.07 Å². The molecule has 0 aromatic heterocycles. The third kappa shape index (κ3) is 4.76. The van der Waals surface area contributed by atoms with Crippen LogP contribution in [0.5, 0.6) is 0 Å². The molecule has 1 aliphatic heterocycles. The van der Waals surface area contributed by atoms with Gasteiger partial charge in [-0.2, -0.15) is 0 Å². The van der Waals surface area contributed by atoms with Gasteiger partial charge in [0.1, 0.15) is 0 Å². The third-order valence-corrected chi connectivity index (χ3v) is 4.98. The molecule has 9 heteroatoms. The van der Waals surface area contributed by atoms with Crippen LogP contribution in [0.2, 0.25) is 0 Å². The van der Waals surface area contributed by atoms with Crippen LogP contribution in [0.25, 0.3) is 0 Å². The summed E-state index contributed by atoms with van der Waals surface area (Å²) in [4.78, 5) is 24.9. The van der Waals surface area contributed by atoms with Gasteiger partial charge in [-0.05, 0) is 24.6 Å². The van der Waals surface area contributed by atoms with Gasteiger partial charge in [0.05, 0.1) is 24.1 Å². The molecule has 0 unspecified atom stereocenters. The number of nitrogens with zero attached hydrogens (tertiary/aromatic N) is 1. The van der Waals surface area contributed by atoms with E-state index in [9.17, 15) is 18.0 Å². The topological polar surface area (TPSA) is 105 Å². The molecule has 2 N–H and O–H groups in total. The van der Waals surface area contributed by atoms with Crippen LogP contribution in [0.1, 0.15) is 16.8 Å². The van der Waals surface area contributed by atoms with Crippen molar-refractivity contribution >= 4 is 21.8 Å². The summed E-state index contributed by atoms with van der Waals surface area (Å²) in [6.07, 6.45) is 0.734. The number of ether oxygens (including phenoxy) is 1.